The topological polar surface area (TPSA) is 53.5 Å². The van der Waals surface area contributed by atoms with Crippen molar-refractivity contribution in [2.24, 2.45) is 5.92 Å². The number of halogens is 1. The number of aromatic nitrogens is 1. The van der Waals surface area contributed by atoms with E-state index >= 15 is 0 Å². The monoisotopic (exact) mass is 371 g/mol. The summed E-state index contributed by atoms with van der Waals surface area (Å²) in [4.78, 5) is 32.6. The molecule has 0 aliphatic carbocycles. The first-order valence-corrected chi connectivity index (χ1v) is 9.04. The largest absolute Gasteiger partial charge is 0.345 e. The van der Waals surface area contributed by atoms with Crippen molar-refractivity contribution in [2.75, 3.05) is 25.0 Å². The normalized spacial score (nSPS) is 16.8. The number of aryl methyl sites for hydroxylation is 1. The molecule has 3 rings (SSSR count). The van der Waals surface area contributed by atoms with Crippen molar-refractivity contribution in [3.8, 4) is 0 Å². The first-order valence-electron chi connectivity index (χ1n) is 8.66. The third-order valence-electron chi connectivity index (χ3n) is 4.80. The third kappa shape index (κ3) is 4.05. The second kappa shape index (κ2) is 7.87. The zero-order chi connectivity index (χ0) is 18.7. The molecule has 6 heteroatoms. The van der Waals surface area contributed by atoms with E-state index in [1.807, 2.05) is 25.1 Å². The van der Waals surface area contributed by atoms with Gasteiger partial charge in [-0.1, -0.05) is 17.7 Å². The summed E-state index contributed by atoms with van der Waals surface area (Å²) < 4.78 is 0. The molecule has 0 radical (unpaired) electrons. The Morgan fingerprint density at radius 3 is 2.77 bits per heavy atom. The number of amides is 2. The zero-order valence-electron chi connectivity index (χ0n) is 15.0. The summed E-state index contributed by atoms with van der Waals surface area (Å²) in [6, 6.07) is 9.37. The molecule has 1 fully saturated rings. The zero-order valence-corrected chi connectivity index (χ0v) is 15.7. The van der Waals surface area contributed by atoms with Crippen LogP contribution in [0, 0.1) is 12.8 Å². The van der Waals surface area contributed by atoms with Crippen molar-refractivity contribution in [1.82, 2.24) is 9.88 Å². The number of hydrogen-bond donors (Lipinski definition) is 0. The lowest BCUT2D eigenvalue weighted by Gasteiger charge is -2.22. The fourth-order valence-corrected chi connectivity index (χ4v) is 3.41. The second-order valence-electron chi connectivity index (χ2n) is 6.70. The van der Waals surface area contributed by atoms with Crippen molar-refractivity contribution in [2.45, 2.75) is 19.8 Å². The van der Waals surface area contributed by atoms with E-state index in [4.69, 9.17) is 11.6 Å². The molecule has 1 atom stereocenters. The van der Waals surface area contributed by atoms with E-state index in [-0.39, 0.29) is 24.2 Å². The molecule has 0 bridgehead atoms. The molecule has 0 N–H and O–H groups in total. The Hall–Kier alpha value is -2.40. The van der Waals surface area contributed by atoms with Crippen molar-refractivity contribution < 1.29 is 9.59 Å². The molecule has 1 saturated heterocycles. The standard InChI is InChI=1S/C20H22ClN3O2/c1-14-3-4-17(21)12-18(14)24-13-16(11-19(24)25)20(26)23(2)10-7-15-5-8-22-9-6-15/h3-6,8-9,12,16H,7,10-11,13H2,1-2H3. The minimum absolute atomic E-state index is 0.00888. The lowest BCUT2D eigenvalue weighted by Crippen LogP contribution is -2.36. The summed E-state index contributed by atoms with van der Waals surface area (Å²) in [5, 5.41) is 0.586. The van der Waals surface area contributed by atoms with Crippen molar-refractivity contribution >= 4 is 29.1 Å². The van der Waals surface area contributed by atoms with Crippen LogP contribution in [0.5, 0.6) is 0 Å². The van der Waals surface area contributed by atoms with E-state index in [2.05, 4.69) is 4.98 Å². The van der Waals surface area contributed by atoms with Crippen LogP contribution in [0.15, 0.2) is 42.7 Å². The Kier molecular flexibility index (Phi) is 5.57. The van der Waals surface area contributed by atoms with Gasteiger partial charge in [0.05, 0.1) is 5.92 Å². The van der Waals surface area contributed by atoms with Crippen LogP contribution in [0.25, 0.3) is 0 Å². The Labute approximate surface area is 158 Å². The van der Waals surface area contributed by atoms with Gasteiger partial charge in [0.15, 0.2) is 0 Å². The van der Waals surface area contributed by atoms with Crippen LogP contribution in [0.2, 0.25) is 5.02 Å². The SMILES string of the molecule is Cc1ccc(Cl)cc1N1CC(C(=O)N(C)CCc2ccncc2)CC1=O. The maximum absolute atomic E-state index is 12.7. The number of carbonyl (C=O) groups is 2. The molecule has 2 amide bonds. The molecule has 1 unspecified atom stereocenters. The van der Waals surface area contributed by atoms with Crippen LogP contribution in [0.4, 0.5) is 5.69 Å². The van der Waals surface area contributed by atoms with Crippen molar-refractivity contribution in [3.63, 3.8) is 0 Å². The predicted molar refractivity (Wildman–Crippen MR) is 102 cm³/mol. The number of likely N-dealkylation sites (N-methyl/N-ethyl adjacent to an activating group) is 1. The van der Waals surface area contributed by atoms with Crippen LogP contribution in [0.3, 0.4) is 0 Å². The molecule has 1 aromatic carbocycles. The molecule has 5 nitrogen and oxygen atoms in total. The van der Waals surface area contributed by atoms with Crippen LogP contribution in [-0.2, 0) is 16.0 Å². The lowest BCUT2D eigenvalue weighted by molar-refractivity contribution is -0.134. The molecule has 0 spiro atoms. The second-order valence-corrected chi connectivity index (χ2v) is 7.14. The molecule has 1 aromatic heterocycles. The Morgan fingerprint density at radius 2 is 2.04 bits per heavy atom. The van der Waals surface area contributed by atoms with E-state index in [0.29, 0.717) is 18.1 Å². The minimum Gasteiger partial charge on any atom is -0.345 e. The van der Waals surface area contributed by atoms with Gasteiger partial charge in [0.2, 0.25) is 11.8 Å². The van der Waals surface area contributed by atoms with Gasteiger partial charge in [-0.25, -0.2) is 0 Å². The molecule has 2 heterocycles. The Morgan fingerprint density at radius 1 is 1.31 bits per heavy atom. The number of benzene rings is 1. The summed E-state index contributed by atoms with van der Waals surface area (Å²) in [6.45, 7) is 2.96. The highest BCUT2D eigenvalue weighted by atomic mass is 35.5. The van der Waals surface area contributed by atoms with E-state index in [0.717, 1.165) is 23.2 Å². The van der Waals surface area contributed by atoms with Crippen LogP contribution in [-0.4, -0.2) is 41.8 Å². The highest BCUT2D eigenvalue weighted by Crippen LogP contribution is 2.30. The first-order chi connectivity index (χ1) is 12.5. The van der Waals surface area contributed by atoms with E-state index in [9.17, 15) is 9.59 Å². The fourth-order valence-electron chi connectivity index (χ4n) is 3.25. The van der Waals surface area contributed by atoms with Gasteiger partial charge in [0, 0.05) is 49.7 Å². The van der Waals surface area contributed by atoms with Gasteiger partial charge >= 0.3 is 0 Å². The Balaban J connectivity index is 1.64. The lowest BCUT2D eigenvalue weighted by atomic mass is 10.1. The summed E-state index contributed by atoms with van der Waals surface area (Å²) in [5.74, 6) is -0.339. The van der Waals surface area contributed by atoms with Crippen LogP contribution >= 0.6 is 11.6 Å². The van der Waals surface area contributed by atoms with Gasteiger partial charge in [-0.15, -0.1) is 0 Å². The molecular formula is C20H22ClN3O2. The number of anilines is 1. The predicted octanol–water partition coefficient (Wildman–Crippen LogP) is 3.10. The molecule has 26 heavy (non-hydrogen) atoms. The fraction of sp³-hybridized carbons (Fsp3) is 0.350. The first kappa shape index (κ1) is 18.4. The molecular weight excluding hydrogens is 350 g/mol. The van der Waals surface area contributed by atoms with Gasteiger partial charge < -0.3 is 9.80 Å². The van der Waals surface area contributed by atoms with Crippen molar-refractivity contribution in [1.29, 1.82) is 0 Å². The van der Waals surface area contributed by atoms with E-state index in [1.54, 1.807) is 41.4 Å². The molecule has 1 aliphatic heterocycles. The molecule has 0 saturated carbocycles. The van der Waals surface area contributed by atoms with Gasteiger partial charge in [0.1, 0.15) is 0 Å². The smallest absolute Gasteiger partial charge is 0.227 e. The van der Waals surface area contributed by atoms with Crippen LogP contribution in [0.1, 0.15) is 17.5 Å². The van der Waals surface area contributed by atoms with Crippen LogP contribution < -0.4 is 4.90 Å². The maximum Gasteiger partial charge on any atom is 0.227 e. The average Bonchev–Trinajstić information content (AvgIpc) is 3.03. The summed E-state index contributed by atoms with van der Waals surface area (Å²) in [5.41, 5.74) is 2.90. The van der Waals surface area contributed by atoms with E-state index in [1.165, 1.54) is 0 Å². The number of hydrogen-bond acceptors (Lipinski definition) is 3. The van der Waals surface area contributed by atoms with Gasteiger partial charge in [-0.3, -0.25) is 14.6 Å². The van der Waals surface area contributed by atoms with Gasteiger partial charge in [0.25, 0.3) is 0 Å². The molecule has 1 aliphatic rings. The number of nitrogens with zero attached hydrogens (tertiary/aromatic N) is 3. The highest BCUT2D eigenvalue weighted by molar-refractivity contribution is 6.31. The number of pyridine rings is 1. The van der Waals surface area contributed by atoms with Gasteiger partial charge in [-0.2, -0.15) is 0 Å². The number of carbonyl (C=O) groups excluding carboxylic acids is 2. The quantitative estimate of drug-likeness (QED) is 0.811. The van der Waals surface area contributed by atoms with Gasteiger partial charge in [-0.05, 0) is 48.7 Å². The third-order valence-corrected chi connectivity index (χ3v) is 5.03. The summed E-state index contributed by atoms with van der Waals surface area (Å²) >= 11 is 6.07. The minimum atomic E-state index is -0.316. The maximum atomic E-state index is 12.7. The highest BCUT2D eigenvalue weighted by Gasteiger charge is 2.36. The average molecular weight is 372 g/mol. The van der Waals surface area contributed by atoms with E-state index < -0.39 is 0 Å². The molecule has 2 aromatic rings. The number of rotatable bonds is 5. The summed E-state index contributed by atoms with van der Waals surface area (Å²) in [6.07, 6.45) is 4.50. The van der Waals surface area contributed by atoms with Crippen molar-refractivity contribution in [3.05, 3.63) is 58.9 Å². The molecule has 136 valence electrons. The Bertz CT molecular complexity index is 810. The summed E-state index contributed by atoms with van der Waals surface area (Å²) in [7, 11) is 1.79.